The molecule has 8 heteroatoms. The number of carbonyl (C=O) groups is 2. The predicted octanol–water partition coefficient (Wildman–Crippen LogP) is 0.570. The molecule has 0 aromatic carbocycles. The van der Waals surface area contributed by atoms with E-state index in [4.69, 9.17) is 5.11 Å². The minimum Gasteiger partial charge on any atom is -0.480 e. The molecule has 0 aliphatic rings. The smallest absolute Gasteiger partial charge is 0.322 e. The van der Waals surface area contributed by atoms with Crippen molar-refractivity contribution in [3.63, 3.8) is 0 Å². The second-order valence-electron chi connectivity index (χ2n) is 4.95. The van der Waals surface area contributed by atoms with Gasteiger partial charge >= 0.3 is 5.97 Å². The fourth-order valence-corrected chi connectivity index (χ4v) is 2.26. The molecule has 118 valence electrons. The van der Waals surface area contributed by atoms with E-state index in [2.05, 4.69) is 22.3 Å². The molecular weight excluding hydrogens is 288 g/mol. The SMILES string of the molecule is CCCCCc1cc(=O)c(C(=O)NCC(=O)O)c2nc[nH]n12. The van der Waals surface area contributed by atoms with Crippen LogP contribution >= 0.6 is 0 Å². The maximum Gasteiger partial charge on any atom is 0.322 e. The number of fused-ring (bicyclic) bond motifs is 1. The van der Waals surface area contributed by atoms with Crippen molar-refractivity contribution in [2.75, 3.05) is 6.54 Å². The Kier molecular flexibility index (Phi) is 4.92. The largest absolute Gasteiger partial charge is 0.480 e. The average Bonchev–Trinajstić information content (AvgIpc) is 2.94. The summed E-state index contributed by atoms with van der Waals surface area (Å²) < 4.78 is 1.59. The van der Waals surface area contributed by atoms with E-state index >= 15 is 0 Å². The van der Waals surface area contributed by atoms with Gasteiger partial charge in [-0.3, -0.25) is 19.5 Å². The zero-order valence-electron chi connectivity index (χ0n) is 12.3. The van der Waals surface area contributed by atoms with Crippen molar-refractivity contribution in [1.29, 1.82) is 0 Å². The molecule has 8 nitrogen and oxygen atoms in total. The van der Waals surface area contributed by atoms with Gasteiger partial charge < -0.3 is 10.4 Å². The maximum absolute atomic E-state index is 12.2. The van der Waals surface area contributed by atoms with Crippen LogP contribution in [0.4, 0.5) is 0 Å². The number of carboxylic acid groups (broad SMARTS) is 1. The summed E-state index contributed by atoms with van der Waals surface area (Å²) in [5, 5.41) is 13.7. The Morgan fingerprint density at radius 2 is 2.18 bits per heavy atom. The highest BCUT2D eigenvalue weighted by molar-refractivity contribution is 6.00. The van der Waals surface area contributed by atoms with Crippen molar-refractivity contribution < 1.29 is 14.7 Å². The van der Waals surface area contributed by atoms with Gasteiger partial charge in [-0.25, -0.2) is 9.50 Å². The number of carboxylic acids is 1. The van der Waals surface area contributed by atoms with E-state index in [9.17, 15) is 14.4 Å². The zero-order chi connectivity index (χ0) is 16.1. The van der Waals surface area contributed by atoms with Crippen LogP contribution in [0.15, 0.2) is 17.2 Å². The number of rotatable bonds is 7. The third kappa shape index (κ3) is 3.33. The minimum absolute atomic E-state index is 0.151. The molecule has 22 heavy (non-hydrogen) atoms. The van der Waals surface area contributed by atoms with Crippen molar-refractivity contribution in [3.8, 4) is 0 Å². The van der Waals surface area contributed by atoms with E-state index in [1.807, 2.05) is 0 Å². The molecule has 0 fully saturated rings. The monoisotopic (exact) mass is 306 g/mol. The van der Waals surface area contributed by atoms with Crippen LogP contribution in [0.5, 0.6) is 0 Å². The number of hydrogen-bond donors (Lipinski definition) is 3. The molecule has 2 heterocycles. The minimum atomic E-state index is -1.18. The molecule has 0 atom stereocenters. The molecule has 0 aliphatic carbocycles. The molecule has 0 saturated heterocycles. The molecule has 0 aliphatic heterocycles. The molecule has 3 N–H and O–H groups in total. The van der Waals surface area contributed by atoms with E-state index in [-0.39, 0.29) is 11.2 Å². The van der Waals surface area contributed by atoms with Crippen LogP contribution in [0.2, 0.25) is 0 Å². The lowest BCUT2D eigenvalue weighted by Gasteiger charge is -2.08. The van der Waals surface area contributed by atoms with Crippen molar-refractivity contribution in [1.82, 2.24) is 19.9 Å². The highest BCUT2D eigenvalue weighted by atomic mass is 16.4. The Balaban J connectivity index is 2.36. The Hall–Kier alpha value is -2.64. The molecule has 0 saturated carbocycles. The van der Waals surface area contributed by atoms with Crippen LogP contribution in [0.1, 0.15) is 42.2 Å². The first-order valence-corrected chi connectivity index (χ1v) is 7.12. The number of amides is 1. The van der Waals surface area contributed by atoms with E-state index in [0.29, 0.717) is 6.42 Å². The number of hydrogen-bond acceptors (Lipinski definition) is 4. The predicted molar refractivity (Wildman–Crippen MR) is 79.0 cm³/mol. The van der Waals surface area contributed by atoms with Crippen molar-refractivity contribution >= 4 is 17.5 Å². The molecule has 2 aromatic heterocycles. The summed E-state index contributed by atoms with van der Waals surface area (Å²) in [5.41, 5.74) is 0.353. The number of nitrogens with zero attached hydrogens (tertiary/aromatic N) is 2. The molecule has 0 radical (unpaired) electrons. The zero-order valence-corrected chi connectivity index (χ0v) is 12.3. The third-order valence-electron chi connectivity index (χ3n) is 3.30. The summed E-state index contributed by atoms with van der Waals surface area (Å²) in [4.78, 5) is 38.7. The van der Waals surface area contributed by atoms with Gasteiger partial charge in [0.1, 0.15) is 18.4 Å². The number of unbranched alkanes of at least 4 members (excludes halogenated alkanes) is 2. The Labute approximate surface area is 126 Å². The summed E-state index contributed by atoms with van der Waals surface area (Å²) in [5.74, 6) is -1.92. The quantitative estimate of drug-likeness (QED) is 0.647. The van der Waals surface area contributed by atoms with Gasteiger partial charge in [-0.2, -0.15) is 0 Å². The lowest BCUT2D eigenvalue weighted by atomic mass is 10.1. The lowest BCUT2D eigenvalue weighted by Crippen LogP contribution is -2.33. The second-order valence-corrected chi connectivity index (χ2v) is 4.95. The highest BCUT2D eigenvalue weighted by Gasteiger charge is 2.19. The fraction of sp³-hybridized carbons (Fsp3) is 0.429. The van der Waals surface area contributed by atoms with Crippen LogP contribution in [-0.4, -0.2) is 38.1 Å². The number of aryl methyl sites for hydroxylation is 1. The normalized spacial score (nSPS) is 10.8. The number of H-pyrrole nitrogens is 1. The molecule has 0 bridgehead atoms. The third-order valence-corrected chi connectivity index (χ3v) is 3.30. The summed E-state index contributed by atoms with van der Waals surface area (Å²) in [7, 11) is 0. The number of pyridine rings is 1. The summed E-state index contributed by atoms with van der Waals surface area (Å²) in [6, 6.07) is 1.40. The van der Waals surface area contributed by atoms with Crippen LogP contribution in [-0.2, 0) is 11.2 Å². The summed E-state index contributed by atoms with van der Waals surface area (Å²) in [6.07, 6.45) is 5.14. The molecule has 1 amide bonds. The van der Waals surface area contributed by atoms with Gasteiger partial charge in [-0.05, 0) is 12.8 Å². The standard InChI is InChI=1S/C14H18N4O4/c1-2-3-4-5-9-6-10(19)12(13-16-8-17-18(9)13)14(22)15-7-11(20)21/h6,8H,2-5,7H2,1H3,(H,15,22)(H,16,17)(H,20,21). The van der Waals surface area contributed by atoms with E-state index < -0.39 is 23.9 Å². The van der Waals surface area contributed by atoms with Crippen LogP contribution < -0.4 is 10.7 Å². The van der Waals surface area contributed by atoms with Crippen LogP contribution in [0, 0.1) is 0 Å². The molecule has 2 aromatic rings. The Morgan fingerprint density at radius 1 is 1.41 bits per heavy atom. The molecular formula is C14H18N4O4. The fourth-order valence-electron chi connectivity index (χ4n) is 2.26. The summed E-state index contributed by atoms with van der Waals surface area (Å²) in [6.45, 7) is 1.54. The Morgan fingerprint density at radius 3 is 2.86 bits per heavy atom. The van der Waals surface area contributed by atoms with Gasteiger partial charge in [-0.15, -0.1) is 0 Å². The summed E-state index contributed by atoms with van der Waals surface area (Å²) >= 11 is 0. The second kappa shape index (κ2) is 6.88. The number of aliphatic carboxylic acids is 1. The van der Waals surface area contributed by atoms with E-state index in [1.54, 1.807) is 4.52 Å². The maximum atomic E-state index is 12.2. The van der Waals surface area contributed by atoms with Gasteiger partial charge in [0.2, 0.25) is 0 Å². The number of aromatic amines is 1. The van der Waals surface area contributed by atoms with Gasteiger partial charge in [0.05, 0.1) is 0 Å². The molecule has 2 rings (SSSR count). The van der Waals surface area contributed by atoms with Crippen LogP contribution in [0.3, 0.4) is 0 Å². The highest BCUT2D eigenvalue weighted by Crippen LogP contribution is 2.10. The van der Waals surface area contributed by atoms with Crippen LogP contribution in [0.25, 0.3) is 5.65 Å². The number of nitrogens with one attached hydrogen (secondary N) is 2. The van der Waals surface area contributed by atoms with Crippen molar-refractivity contribution in [2.24, 2.45) is 0 Å². The van der Waals surface area contributed by atoms with Gasteiger partial charge in [-0.1, -0.05) is 19.8 Å². The molecule has 0 unspecified atom stereocenters. The van der Waals surface area contributed by atoms with E-state index in [1.165, 1.54) is 12.4 Å². The lowest BCUT2D eigenvalue weighted by molar-refractivity contribution is -0.135. The van der Waals surface area contributed by atoms with Gasteiger partial charge in [0, 0.05) is 11.8 Å². The van der Waals surface area contributed by atoms with Gasteiger partial charge in [0.25, 0.3) is 5.91 Å². The van der Waals surface area contributed by atoms with Crippen molar-refractivity contribution in [2.45, 2.75) is 32.6 Å². The van der Waals surface area contributed by atoms with E-state index in [0.717, 1.165) is 25.0 Å². The first kappa shape index (κ1) is 15.7. The van der Waals surface area contributed by atoms with Crippen molar-refractivity contribution in [3.05, 3.63) is 33.9 Å². The number of carbonyl (C=O) groups excluding carboxylic acids is 1. The average molecular weight is 306 g/mol. The number of aromatic nitrogens is 3. The Bertz CT molecular complexity index is 747. The first-order chi connectivity index (χ1) is 10.5. The topological polar surface area (TPSA) is 117 Å². The first-order valence-electron chi connectivity index (χ1n) is 7.12. The van der Waals surface area contributed by atoms with Gasteiger partial charge in [0.15, 0.2) is 11.1 Å². The molecule has 0 spiro atoms.